The lowest BCUT2D eigenvalue weighted by Gasteiger charge is -2.06. The summed E-state index contributed by atoms with van der Waals surface area (Å²) < 4.78 is 18.6. The molecule has 0 bridgehead atoms. The van der Waals surface area contributed by atoms with E-state index in [4.69, 9.17) is 9.84 Å². The molecule has 0 saturated heterocycles. The molecule has 3 nitrogen and oxygen atoms in total. The molecule has 1 N–H and O–H groups in total. The molecule has 0 saturated carbocycles. The van der Waals surface area contributed by atoms with Crippen molar-refractivity contribution in [2.24, 2.45) is 0 Å². The Morgan fingerprint density at radius 3 is 2.79 bits per heavy atom. The number of carboxylic acids is 1. The van der Waals surface area contributed by atoms with Crippen molar-refractivity contribution in [2.45, 2.75) is 6.42 Å². The Balaban J connectivity index is 3.10. The van der Waals surface area contributed by atoms with Crippen LogP contribution in [0.25, 0.3) is 0 Å². The zero-order chi connectivity index (χ0) is 10.7. The van der Waals surface area contributed by atoms with Crippen LogP contribution >= 0.6 is 15.9 Å². The van der Waals surface area contributed by atoms with E-state index in [0.717, 1.165) is 0 Å². The number of aliphatic carboxylic acids is 1. The third-order valence-electron chi connectivity index (χ3n) is 1.66. The number of hydrogen-bond acceptors (Lipinski definition) is 2. The van der Waals surface area contributed by atoms with E-state index in [1.54, 1.807) is 0 Å². The Hall–Kier alpha value is -1.10. The molecule has 1 rings (SSSR count). The zero-order valence-electron chi connectivity index (χ0n) is 7.38. The first-order chi connectivity index (χ1) is 6.54. The highest BCUT2D eigenvalue weighted by Gasteiger charge is 2.11. The number of halogens is 2. The van der Waals surface area contributed by atoms with Crippen LogP contribution in [0.3, 0.4) is 0 Å². The second-order valence-corrected chi connectivity index (χ2v) is 3.50. The Morgan fingerprint density at radius 1 is 1.64 bits per heavy atom. The van der Waals surface area contributed by atoms with E-state index in [1.165, 1.54) is 19.2 Å². The van der Waals surface area contributed by atoms with Gasteiger partial charge in [-0.3, -0.25) is 4.79 Å². The predicted molar refractivity (Wildman–Crippen MR) is 52.0 cm³/mol. The fourth-order valence-electron chi connectivity index (χ4n) is 1.03. The molecule has 76 valence electrons. The minimum Gasteiger partial charge on any atom is -0.496 e. The van der Waals surface area contributed by atoms with Crippen molar-refractivity contribution in [3.8, 4) is 5.75 Å². The van der Waals surface area contributed by atoms with Crippen molar-refractivity contribution in [3.63, 3.8) is 0 Å². The van der Waals surface area contributed by atoms with Gasteiger partial charge < -0.3 is 9.84 Å². The Morgan fingerprint density at radius 2 is 2.29 bits per heavy atom. The molecule has 0 aromatic heterocycles. The number of hydrogen-bond donors (Lipinski definition) is 1. The molecular formula is C9H8BrFO3. The lowest BCUT2D eigenvalue weighted by molar-refractivity contribution is -0.136. The van der Waals surface area contributed by atoms with Gasteiger partial charge in [-0.05, 0) is 28.1 Å². The molecule has 0 unspecified atom stereocenters. The zero-order valence-corrected chi connectivity index (χ0v) is 8.97. The van der Waals surface area contributed by atoms with Gasteiger partial charge in [0.25, 0.3) is 0 Å². The fraction of sp³-hybridized carbons (Fsp3) is 0.222. The van der Waals surface area contributed by atoms with E-state index in [-0.39, 0.29) is 12.0 Å². The Kier molecular flexibility index (Phi) is 3.46. The van der Waals surface area contributed by atoms with Crippen LogP contribution in [0.5, 0.6) is 5.75 Å². The first kappa shape index (κ1) is 11.0. The number of ether oxygens (including phenoxy) is 1. The molecule has 0 aliphatic heterocycles. The first-order valence-electron chi connectivity index (χ1n) is 3.78. The molecule has 5 heteroatoms. The third-order valence-corrected chi connectivity index (χ3v) is 2.28. The summed E-state index contributed by atoms with van der Waals surface area (Å²) in [7, 11) is 1.43. The first-order valence-corrected chi connectivity index (χ1v) is 4.57. The van der Waals surface area contributed by atoms with Crippen LogP contribution in [0.1, 0.15) is 5.56 Å². The SMILES string of the molecule is COc1cc(CC(=O)O)c(F)cc1Br. The molecule has 0 heterocycles. The van der Waals surface area contributed by atoms with Crippen LogP contribution in [-0.4, -0.2) is 18.2 Å². The van der Waals surface area contributed by atoms with E-state index in [1.807, 2.05) is 0 Å². The summed E-state index contributed by atoms with van der Waals surface area (Å²) in [6.07, 6.45) is -0.352. The van der Waals surface area contributed by atoms with Crippen LogP contribution in [-0.2, 0) is 11.2 Å². The standard InChI is InChI=1S/C9H8BrFO3/c1-14-8-2-5(3-9(12)13)7(11)4-6(8)10/h2,4H,3H2,1H3,(H,12,13). The predicted octanol–water partition coefficient (Wildman–Crippen LogP) is 2.22. The molecule has 0 aliphatic rings. The normalized spacial score (nSPS) is 9.93. The van der Waals surface area contributed by atoms with Gasteiger partial charge in [0.1, 0.15) is 11.6 Å². The van der Waals surface area contributed by atoms with Gasteiger partial charge in [0.05, 0.1) is 18.0 Å². The van der Waals surface area contributed by atoms with Crippen LogP contribution in [0, 0.1) is 5.82 Å². The largest absolute Gasteiger partial charge is 0.496 e. The third kappa shape index (κ3) is 2.45. The van der Waals surface area contributed by atoms with Crippen LogP contribution in [0.15, 0.2) is 16.6 Å². The topological polar surface area (TPSA) is 46.5 Å². The highest BCUT2D eigenvalue weighted by molar-refractivity contribution is 9.10. The average molecular weight is 263 g/mol. The summed E-state index contributed by atoms with van der Waals surface area (Å²) in [6, 6.07) is 2.56. The summed E-state index contributed by atoms with van der Waals surface area (Å²) in [6.45, 7) is 0. The van der Waals surface area contributed by atoms with Gasteiger partial charge in [-0.25, -0.2) is 4.39 Å². The summed E-state index contributed by atoms with van der Waals surface area (Å²) in [5, 5.41) is 8.51. The summed E-state index contributed by atoms with van der Waals surface area (Å²) in [5.74, 6) is -1.21. The smallest absolute Gasteiger partial charge is 0.307 e. The molecule has 1 aromatic rings. The highest BCUT2D eigenvalue weighted by Crippen LogP contribution is 2.27. The van der Waals surface area contributed by atoms with Gasteiger partial charge in [0, 0.05) is 5.56 Å². The number of benzene rings is 1. The second-order valence-electron chi connectivity index (χ2n) is 2.65. The Bertz CT molecular complexity index is 365. The molecule has 0 spiro atoms. The fourth-order valence-corrected chi connectivity index (χ4v) is 1.50. The number of rotatable bonds is 3. The van der Waals surface area contributed by atoms with E-state index in [2.05, 4.69) is 15.9 Å². The van der Waals surface area contributed by atoms with Crippen molar-refractivity contribution < 1.29 is 19.0 Å². The maximum Gasteiger partial charge on any atom is 0.307 e. The minimum atomic E-state index is -1.08. The van der Waals surface area contributed by atoms with Crippen LogP contribution in [0.2, 0.25) is 0 Å². The minimum absolute atomic E-state index is 0.109. The molecular weight excluding hydrogens is 255 g/mol. The maximum absolute atomic E-state index is 13.2. The van der Waals surface area contributed by atoms with Gasteiger partial charge >= 0.3 is 5.97 Å². The van der Waals surface area contributed by atoms with Gasteiger partial charge in [0.15, 0.2) is 0 Å². The number of carbonyl (C=O) groups is 1. The van der Waals surface area contributed by atoms with E-state index in [0.29, 0.717) is 10.2 Å². The van der Waals surface area contributed by atoms with E-state index in [9.17, 15) is 9.18 Å². The number of methoxy groups -OCH3 is 1. The lowest BCUT2D eigenvalue weighted by Crippen LogP contribution is -2.03. The molecule has 0 radical (unpaired) electrons. The molecule has 1 aromatic carbocycles. The van der Waals surface area contributed by atoms with Gasteiger partial charge in [0.2, 0.25) is 0 Å². The second kappa shape index (κ2) is 4.41. The Labute approximate surface area is 88.6 Å². The number of carboxylic acid groups (broad SMARTS) is 1. The van der Waals surface area contributed by atoms with Crippen molar-refractivity contribution in [2.75, 3.05) is 7.11 Å². The molecule has 0 atom stereocenters. The van der Waals surface area contributed by atoms with Crippen molar-refractivity contribution in [3.05, 3.63) is 28.0 Å². The van der Waals surface area contributed by atoms with Crippen LogP contribution < -0.4 is 4.74 Å². The van der Waals surface area contributed by atoms with Crippen molar-refractivity contribution in [1.29, 1.82) is 0 Å². The molecule has 0 amide bonds. The summed E-state index contributed by atoms with van der Waals surface area (Å²) >= 11 is 3.10. The van der Waals surface area contributed by atoms with Crippen LogP contribution in [0.4, 0.5) is 4.39 Å². The molecule has 14 heavy (non-hydrogen) atoms. The summed E-state index contributed by atoms with van der Waals surface area (Å²) in [4.78, 5) is 10.4. The average Bonchev–Trinajstić information content (AvgIpc) is 2.09. The van der Waals surface area contributed by atoms with Crippen molar-refractivity contribution >= 4 is 21.9 Å². The monoisotopic (exact) mass is 262 g/mol. The quantitative estimate of drug-likeness (QED) is 0.909. The lowest BCUT2D eigenvalue weighted by atomic mass is 10.1. The molecule has 0 fully saturated rings. The van der Waals surface area contributed by atoms with Crippen molar-refractivity contribution in [1.82, 2.24) is 0 Å². The highest BCUT2D eigenvalue weighted by atomic mass is 79.9. The van der Waals surface area contributed by atoms with Gasteiger partial charge in [-0.2, -0.15) is 0 Å². The molecule has 0 aliphatic carbocycles. The summed E-state index contributed by atoms with van der Waals surface area (Å²) in [5.41, 5.74) is 0.109. The van der Waals surface area contributed by atoms with Gasteiger partial charge in [-0.1, -0.05) is 0 Å². The van der Waals surface area contributed by atoms with E-state index < -0.39 is 11.8 Å². The maximum atomic E-state index is 13.2. The van der Waals surface area contributed by atoms with E-state index >= 15 is 0 Å². The van der Waals surface area contributed by atoms with Gasteiger partial charge in [-0.15, -0.1) is 0 Å².